The molecule has 10 heteroatoms. The highest BCUT2D eigenvalue weighted by Crippen LogP contribution is 2.29. The second-order valence-electron chi connectivity index (χ2n) is 5.87. The van der Waals surface area contributed by atoms with E-state index in [9.17, 15) is 19.7 Å². The van der Waals surface area contributed by atoms with Crippen LogP contribution < -0.4 is 20.7 Å². The van der Waals surface area contributed by atoms with Gasteiger partial charge in [0.25, 0.3) is 5.69 Å². The zero-order chi connectivity index (χ0) is 21.4. The lowest BCUT2D eigenvalue weighted by Gasteiger charge is -2.14. The fraction of sp³-hybridized carbons (Fsp3) is 0.263. The molecule has 0 atom stereocenters. The first-order valence-corrected chi connectivity index (χ1v) is 8.75. The number of carbonyl (C=O) groups is 2. The van der Waals surface area contributed by atoms with Crippen molar-refractivity contribution in [2.24, 2.45) is 0 Å². The first kappa shape index (κ1) is 21.5. The van der Waals surface area contributed by atoms with Crippen LogP contribution in [0, 0.1) is 17.0 Å². The Hall–Kier alpha value is -3.82. The molecule has 3 N–H and O–H groups in total. The number of ether oxygens (including phenoxy) is 2. The van der Waals surface area contributed by atoms with Gasteiger partial charge in [0.15, 0.2) is 0 Å². The Bertz CT molecular complexity index is 916. The lowest BCUT2D eigenvalue weighted by molar-refractivity contribution is -0.384. The topological polar surface area (TPSA) is 132 Å². The number of methoxy groups -OCH3 is 1. The number of hydrogen-bond donors (Lipinski definition) is 3. The minimum absolute atomic E-state index is 0.0656. The van der Waals surface area contributed by atoms with Crippen LogP contribution in [0.1, 0.15) is 12.5 Å². The third kappa shape index (κ3) is 5.83. The van der Waals surface area contributed by atoms with E-state index in [-0.39, 0.29) is 30.5 Å². The van der Waals surface area contributed by atoms with Gasteiger partial charge in [0.1, 0.15) is 5.75 Å². The van der Waals surface area contributed by atoms with Gasteiger partial charge in [0, 0.05) is 17.4 Å². The summed E-state index contributed by atoms with van der Waals surface area (Å²) in [6, 6.07) is 9.14. The lowest BCUT2D eigenvalue weighted by Crippen LogP contribution is -2.22. The second-order valence-corrected chi connectivity index (χ2v) is 5.87. The summed E-state index contributed by atoms with van der Waals surface area (Å²) < 4.78 is 9.96. The summed E-state index contributed by atoms with van der Waals surface area (Å²) in [5, 5.41) is 19.1. The molecule has 10 nitrogen and oxygen atoms in total. The number of non-ortho nitro benzene ring substituents is 1. The molecule has 0 aliphatic heterocycles. The van der Waals surface area contributed by atoms with Crippen molar-refractivity contribution in [3.8, 4) is 5.75 Å². The maximum Gasteiger partial charge on any atom is 0.411 e. The third-order valence-corrected chi connectivity index (χ3v) is 3.96. The zero-order valence-electron chi connectivity index (χ0n) is 16.3. The average Bonchev–Trinajstić information content (AvgIpc) is 2.69. The van der Waals surface area contributed by atoms with Crippen molar-refractivity contribution in [2.45, 2.75) is 13.8 Å². The third-order valence-electron chi connectivity index (χ3n) is 3.96. The summed E-state index contributed by atoms with van der Waals surface area (Å²) in [7, 11) is 1.36. The van der Waals surface area contributed by atoms with Crippen molar-refractivity contribution >= 4 is 34.7 Å². The van der Waals surface area contributed by atoms with Crippen LogP contribution in [-0.4, -0.2) is 37.2 Å². The van der Waals surface area contributed by atoms with Gasteiger partial charge in [-0.05, 0) is 37.6 Å². The number of rotatable bonds is 8. The van der Waals surface area contributed by atoms with Crippen LogP contribution in [0.2, 0.25) is 0 Å². The monoisotopic (exact) mass is 402 g/mol. The maximum absolute atomic E-state index is 12.3. The molecular formula is C19H22N4O6. The van der Waals surface area contributed by atoms with Gasteiger partial charge in [0.2, 0.25) is 5.91 Å². The molecule has 0 aliphatic rings. The molecule has 0 bridgehead atoms. The predicted octanol–water partition coefficient (Wildman–Crippen LogP) is 3.53. The van der Waals surface area contributed by atoms with Gasteiger partial charge in [-0.25, -0.2) is 4.79 Å². The van der Waals surface area contributed by atoms with Gasteiger partial charge < -0.3 is 20.1 Å². The number of nitro groups is 1. The molecule has 154 valence electrons. The first-order valence-electron chi connectivity index (χ1n) is 8.75. The second kappa shape index (κ2) is 9.93. The van der Waals surface area contributed by atoms with Crippen LogP contribution >= 0.6 is 0 Å². The first-order chi connectivity index (χ1) is 13.8. The van der Waals surface area contributed by atoms with E-state index >= 15 is 0 Å². The highest BCUT2D eigenvalue weighted by Gasteiger charge is 2.14. The Morgan fingerprint density at radius 2 is 1.83 bits per heavy atom. The van der Waals surface area contributed by atoms with E-state index in [4.69, 9.17) is 9.47 Å². The number of benzene rings is 2. The summed E-state index contributed by atoms with van der Waals surface area (Å²) in [5.74, 6) is -0.190. The maximum atomic E-state index is 12.3. The van der Waals surface area contributed by atoms with Crippen LogP contribution in [0.25, 0.3) is 0 Å². The smallest absolute Gasteiger partial charge is 0.411 e. The molecule has 0 saturated carbocycles. The average molecular weight is 402 g/mol. The molecule has 0 aliphatic carbocycles. The Morgan fingerprint density at radius 1 is 1.10 bits per heavy atom. The Morgan fingerprint density at radius 3 is 2.48 bits per heavy atom. The van der Waals surface area contributed by atoms with E-state index in [1.54, 1.807) is 32.0 Å². The summed E-state index contributed by atoms with van der Waals surface area (Å²) in [4.78, 5) is 34.2. The minimum Gasteiger partial charge on any atom is -0.494 e. The quantitative estimate of drug-likeness (QED) is 0.454. The Balaban J connectivity index is 2.03. The molecule has 29 heavy (non-hydrogen) atoms. The van der Waals surface area contributed by atoms with E-state index in [2.05, 4.69) is 16.0 Å². The normalized spacial score (nSPS) is 10.0. The summed E-state index contributed by atoms with van der Waals surface area (Å²) >= 11 is 0. The number of amides is 2. The largest absolute Gasteiger partial charge is 0.494 e. The molecule has 0 spiro atoms. The summed E-state index contributed by atoms with van der Waals surface area (Å²) in [5.41, 5.74) is 2.14. The van der Waals surface area contributed by atoms with Crippen LogP contribution in [0.5, 0.6) is 5.75 Å². The van der Waals surface area contributed by atoms with Crippen LogP contribution in [0.4, 0.5) is 27.5 Å². The minimum atomic E-state index is -0.559. The van der Waals surface area contributed by atoms with Crippen molar-refractivity contribution < 1.29 is 24.0 Å². The van der Waals surface area contributed by atoms with Crippen molar-refractivity contribution in [3.63, 3.8) is 0 Å². The van der Waals surface area contributed by atoms with Gasteiger partial charge in [0.05, 0.1) is 36.9 Å². The van der Waals surface area contributed by atoms with E-state index < -0.39 is 11.0 Å². The Labute approximate surface area is 167 Å². The molecule has 0 fully saturated rings. The number of hydrogen-bond acceptors (Lipinski definition) is 7. The van der Waals surface area contributed by atoms with Crippen molar-refractivity contribution in [3.05, 3.63) is 52.1 Å². The molecular weight excluding hydrogens is 380 g/mol. The van der Waals surface area contributed by atoms with Gasteiger partial charge in [-0.2, -0.15) is 0 Å². The van der Waals surface area contributed by atoms with E-state index in [1.165, 1.54) is 25.3 Å². The Kier molecular flexibility index (Phi) is 7.35. The number of nitrogens with zero attached hydrogens (tertiary/aromatic N) is 1. The molecule has 0 unspecified atom stereocenters. The van der Waals surface area contributed by atoms with Crippen molar-refractivity contribution in [1.29, 1.82) is 0 Å². The van der Waals surface area contributed by atoms with Gasteiger partial charge in [-0.1, -0.05) is 6.07 Å². The summed E-state index contributed by atoms with van der Waals surface area (Å²) in [6.45, 7) is 3.70. The van der Waals surface area contributed by atoms with Crippen LogP contribution in [0.15, 0.2) is 36.4 Å². The molecule has 0 aromatic heterocycles. The molecule has 2 aromatic carbocycles. The molecule has 2 rings (SSSR count). The number of nitrogens with one attached hydrogen (secondary N) is 3. The standard InChI is InChI=1S/C19H22N4O6/c1-4-29-19(25)22-15-7-5-6-14(12(15)2)20-11-18(24)21-16-9-8-13(23(26)27)10-17(16)28-3/h5-10,20H,4,11H2,1-3H3,(H,21,24)(H,22,25). The van der Waals surface area contributed by atoms with E-state index in [1.807, 2.05) is 0 Å². The fourth-order valence-corrected chi connectivity index (χ4v) is 2.51. The molecule has 0 radical (unpaired) electrons. The van der Waals surface area contributed by atoms with Crippen molar-refractivity contribution in [2.75, 3.05) is 36.2 Å². The van der Waals surface area contributed by atoms with Crippen LogP contribution in [0.3, 0.4) is 0 Å². The molecule has 0 heterocycles. The number of nitro benzene ring substituents is 1. The predicted molar refractivity (Wildman–Crippen MR) is 109 cm³/mol. The van der Waals surface area contributed by atoms with Gasteiger partial charge >= 0.3 is 6.09 Å². The molecule has 2 aromatic rings. The fourth-order valence-electron chi connectivity index (χ4n) is 2.51. The van der Waals surface area contributed by atoms with Crippen molar-refractivity contribution in [1.82, 2.24) is 0 Å². The zero-order valence-corrected chi connectivity index (χ0v) is 16.3. The van der Waals surface area contributed by atoms with E-state index in [0.29, 0.717) is 17.1 Å². The number of anilines is 3. The lowest BCUT2D eigenvalue weighted by atomic mass is 10.1. The molecule has 2 amide bonds. The van der Waals surface area contributed by atoms with E-state index in [0.717, 1.165) is 5.56 Å². The highest BCUT2D eigenvalue weighted by molar-refractivity contribution is 5.95. The molecule has 0 saturated heterocycles. The summed E-state index contributed by atoms with van der Waals surface area (Å²) in [6.07, 6.45) is -0.559. The highest BCUT2D eigenvalue weighted by atomic mass is 16.6. The van der Waals surface area contributed by atoms with Gasteiger partial charge in [-0.15, -0.1) is 0 Å². The number of carbonyl (C=O) groups excluding carboxylic acids is 2. The van der Waals surface area contributed by atoms with Gasteiger partial charge in [-0.3, -0.25) is 20.2 Å². The van der Waals surface area contributed by atoms with Crippen LogP contribution in [-0.2, 0) is 9.53 Å². The SMILES string of the molecule is CCOC(=O)Nc1cccc(NCC(=O)Nc2ccc([N+](=O)[O-])cc2OC)c1C.